The molecule has 1 aliphatic carbocycles. The Hall–Kier alpha value is -0.130. The van der Waals surface area contributed by atoms with E-state index in [2.05, 4.69) is 11.8 Å². The average Bonchev–Trinajstić information content (AvgIpc) is 2.79. The van der Waals surface area contributed by atoms with Gasteiger partial charge in [0.15, 0.2) is 9.84 Å². The Labute approximate surface area is 112 Å². The summed E-state index contributed by atoms with van der Waals surface area (Å²) in [6.07, 6.45) is 4.65. The van der Waals surface area contributed by atoms with Crippen molar-refractivity contribution >= 4 is 9.84 Å². The van der Waals surface area contributed by atoms with E-state index >= 15 is 0 Å². The lowest BCUT2D eigenvalue weighted by atomic mass is 9.95. The van der Waals surface area contributed by atoms with E-state index in [1.165, 1.54) is 12.8 Å². The van der Waals surface area contributed by atoms with Crippen LogP contribution in [0.25, 0.3) is 0 Å². The van der Waals surface area contributed by atoms with Gasteiger partial charge in [0, 0.05) is 18.6 Å². The Kier molecular flexibility index (Phi) is 5.62. The molecule has 1 fully saturated rings. The second-order valence-electron chi connectivity index (χ2n) is 5.63. The number of rotatable bonds is 7. The van der Waals surface area contributed by atoms with Crippen molar-refractivity contribution in [3.05, 3.63) is 0 Å². The summed E-state index contributed by atoms with van der Waals surface area (Å²) in [4.78, 5) is 2.29. The summed E-state index contributed by atoms with van der Waals surface area (Å²) in [5.74, 6) is 0.250. The minimum Gasteiger partial charge on any atom is -0.329 e. The van der Waals surface area contributed by atoms with Crippen molar-refractivity contribution in [1.29, 1.82) is 0 Å². The van der Waals surface area contributed by atoms with E-state index in [-0.39, 0.29) is 16.5 Å². The minimum absolute atomic E-state index is 0.0568. The molecular weight excluding hydrogens is 248 g/mol. The predicted octanol–water partition coefficient (Wildman–Crippen LogP) is 1.40. The first-order valence-corrected chi connectivity index (χ1v) is 8.76. The van der Waals surface area contributed by atoms with E-state index in [1.807, 2.05) is 0 Å². The normalized spacial score (nSPS) is 19.9. The summed E-state index contributed by atoms with van der Waals surface area (Å²) in [7, 11) is -2.95. The zero-order chi connectivity index (χ0) is 13.8. The van der Waals surface area contributed by atoms with E-state index in [9.17, 15) is 8.42 Å². The molecule has 0 heterocycles. The molecule has 18 heavy (non-hydrogen) atoms. The lowest BCUT2D eigenvalue weighted by Crippen LogP contribution is -2.53. The SMILES string of the molecule is CCN(CCS(=O)(=O)C(C)C)C1(CN)CCCC1. The summed E-state index contributed by atoms with van der Waals surface area (Å²) in [6, 6.07) is 0. The molecule has 0 bridgehead atoms. The van der Waals surface area contributed by atoms with Crippen LogP contribution < -0.4 is 5.73 Å². The van der Waals surface area contributed by atoms with Gasteiger partial charge in [-0.05, 0) is 33.2 Å². The lowest BCUT2D eigenvalue weighted by molar-refractivity contribution is 0.113. The molecule has 0 aromatic heterocycles. The first kappa shape index (κ1) is 15.9. The van der Waals surface area contributed by atoms with Gasteiger partial charge in [0.1, 0.15) is 0 Å². The molecule has 1 rings (SSSR count). The molecule has 1 aliphatic rings. The fourth-order valence-electron chi connectivity index (χ4n) is 2.89. The van der Waals surface area contributed by atoms with E-state index in [0.29, 0.717) is 13.1 Å². The Bertz CT molecular complexity index is 346. The van der Waals surface area contributed by atoms with Gasteiger partial charge in [-0.15, -0.1) is 0 Å². The van der Waals surface area contributed by atoms with E-state index < -0.39 is 9.84 Å². The van der Waals surface area contributed by atoms with E-state index in [0.717, 1.165) is 19.4 Å². The molecule has 0 atom stereocenters. The van der Waals surface area contributed by atoms with Gasteiger partial charge in [0.05, 0.1) is 11.0 Å². The van der Waals surface area contributed by atoms with Crippen molar-refractivity contribution in [2.45, 2.75) is 57.2 Å². The largest absolute Gasteiger partial charge is 0.329 e. The molecule has 2 N–H and O–H groups in total. The van der Waals surface area contributed by atoms with E-state index in [4.69, 9.17) is 5.73 Å². The third kappa shape index (κ3) is 3.45. The number of sulfone groups is 1. The van der Waals surface area contributed by atoms with Crippen LogP contribution in [0, 0.1) is 0 Å². The summed E-state index contributed by atoms with van der Waals surface area (Å²) in [5.41, 5.74) is 6.01. The second-order valence-corrected chi connectivity index (χ2v) is 8.31. The van der Waals surface area contributed by atoms with Crippen LogP contribution in [-0.4, -0.2) is 49.5 Å². The highest BCUT2D eigenvalue weighted by atomic mass is 32.2. The molecule has 0 aromatic carbocycles. The number of hydrogen-bond acceptors (Lipinski definition) is 4. The van der Waals surface area contributed by atoms with Gasteiger partial charge in [-0.2, -0.15) is 0 Å². The first-order chi connectivity index (χ1) is 8.38. The van der Waals surface area contributed by atoms with Crippen molar-refractivity contribution in [1.82, 2.24) is 4.90 Å². The molecule has 1 saturated carbocycles. The standard InChI is InChI=1S/C13H28N2O2S/c1-4-15(9-10-18(16,17)12(2)3)13(11-14)7-5-6-8-13/h12H,4-11,14H2,1-3H3. The highest BCUT2D eigenvalue weighted by Crippen LogP contribution is 2.34. The molecule has 0 unspecified atom stereocenters. The zero-order valence-corrected chi connectivity index (χ0v) is 12.8. The van der Waals surface area contributed by atoms with E-state index in [1.54, 1.807) is 13.8 Å². The predicted molar refractivity (Wildman–Crippen MR) is 76.4 cm³/mol. The maximum Gasteiger partial charge on any atom is 0.153 e. The minimum atomic E-state index is -2.95. The average molecular weight is 276 g/mol. The summed E-state index contributed by atoms with van der Waals surface area (Å²) in [5, 5.41) is -0.284. The molecule has 108 valence electrons. The Morgan fingerprint density at radius 1 is 1.28 bits per heavy atom. The molecule has 0 saturated heterocycles. The summed E-state index contributed by atoms with van der Waals surface area (Å²) >= 11 is 0. The van der Waals surface area contributed by atoms with Crippen molar-refractivity contribution < 1.29 is 8.42 Å². The smallest absolute Gasteiger partial charge is 0.153 e. The van der Waals surface area contributed by atoms with Crippen LogP contribution in [0.15, 0.2) is 0 Å². The number of nitrogens with zero attached hydrogens (tertiary/aromatic N) is 1. The lowest BCUT2D eigenvalue weighted by Gasteiger charge is -2.40. The Morgan fingerprint density at radius 3 is 2.22 bits per heavy atom. The number of hydrogen-bond donors (Lipinski definition) is 1. The molecule has 0 radical (unpaired) electrons. The fourth-order valence-corrected chi connectivity index (χ4v) is 3.83. The van der Waals surface area contributed by atoms with Gasteiger partial charge in [-0.25, -0.2) is 8.42 Å². The third-order valence-electron chi connectivity index (χ3n) is 4.33. The highest BCUT2D eigenvalue weighted by molar-refractivity contribution is 7.92. The molecule has 5 heteroatoms. The molecule has 0 aromatic rings. The van der Waals surface area contributed by atoms with Gasteiger partial charge in [-0.1, -0.05) is 19.8 Å². The van der Waals surface area contributed by atoms with Crippen LogP contribution in [0.4, 0.5) is 0 Å². The van der Waals surface area contributed by atoms with Gasteiger partial charge in [-0.3, -0.25) is 4.90 Å². The highest BCUT2D eigenvalue weighted by Gasteiger charge is 2.37. The van der Waals surface area contributed by atoms with Crippen LogP contribution in [0.2, 0.25) is 0 Å². The Balaban J connectivity index is 2.68. The van der Waals surface area contributed by atoms with Crippen molar-refractivity contribution in [3.8, 4) is 0 Å². The zero-order valence-electron chi connectivity index (χ0n) is 12.0. The molecule has 4 nitrogen and oxygen atoms in total. The Morgan fingerprint density at radius 2 is 1.83 bits per heavy atom. The van der Waals surface area contributed by atoms with Crippen molar-refractivity contribution in [2.24, 2.45) is 5.73 Å². The maximum atomic E-state index is 11.9. The topological polar surface area (TPSA) is 63.4 Å². The van der Waals surface area contributed by atoms with Crippen LogP contribution in [0.5, 0.6) is 0 Å². The quantitative estimate of drug-likeness (QED) is 0.763. The van der Waals surface area contributed by atoms with Crippen LogP contribution in [0.3, 0.4) is 0 Å². The van der Waals surface area contributed by atoms with Crippen molar-refractivity contribution in [2.75, 3.05) is 25.4 Å². The van der Waals surface area contributed by atoms with Gasteiger partial charge < -0.3 is 5.73 Å². The molecule has 0 spiro atoms. The maximum absolute atomic E-state index is 11.9. The molecule has 0 amide bonds. The van der Waals surface area contributed by atoms with Gasteiger partial charge in [0.25, 0.3) is 0 Å². The molecule has 0 aliphatic heterocycles. The fraction of sp³-hybridized carbons (Fsp3) is 1.00. The summed E-state index contributed by atoms with van der Waals surface area (Å²) in [6.45, 7) is 7.74. The number of nitrogens with two attached hydrogens (primary N) is 1. The van der Waals surface area contributed by atoms with Crippen molar-refractivity contribution in [3.63, 3.8) is 0 Å². The van der Waals surface area contributed by atoms with Gasteiger partial charge >= 0.3 is 0 Å². The summed E-state index contributed by atoms with van der Waals surface area (Å²) < 4.78 is 23.8. The van der Waals surface area contributed by atoms with Crippen LogP contribution in [0.1, 0.15) is 46.5 Å². The second kappa shape index (κ2) is 6.35. The van der Waals surface area contributed by atoms with Crippen LogP contribution in [-0.2, 0) is 9.84 Å². The molecular formula is C13H28N2O2S. The first-order valence-electron chi connectivity index (χ1n) is 7.04. The van der Waals surface area contributed by atoms with Crippen LogP contribution >= 0.6 is 0 Å². The monoisotopic (exact) mass is 276 g/mol. The third-order valence-corrected chi connectivity index (χ3v) is 6.52. The number of likely N-dealkylation sites (N-methyl/N-ethyl adjacent to an activating group) is 1. The van der Waals surface area contributed by atoms with Gasteiger partial charge in [0.2, 0.25) is 0 Å².